The van der Waals surface area contributed by atoms with Gasteiger partial charge in [0.25, 0.3) is 0 Å². The molecule has 1 aliphatic heterocycles. The van der Waals surface area contributed by atoms with Crippen molar-refractivity contribution in [1.82, 2.24) is 0 Å². The molecule has 0 aliphatic carbocycles. The molecule has 0 aromatic heterocycles. The van der Waals surface area contributed by atoms with E-state index >= 15 is 0 Å². The molecule has 22 heavy (non-hydrogen) atoms. The third kappa shape index (κ3) is 3.91. The largest absolute Gasteiger partial charge is 0.463 e. The maximum atomic E-state index is 11.7. The van der Waals surface area contributed by atoms with Crippen LogP contribution in [0.25, 0.3) is 0 Å². The van der Waals surface area contributed by atoms with Crippen molar-refractivity contribution < 1.29 is 24.1 Å². The van der Waals surface area contributed by atoms with Gasteiger partial charge < -0.3 is 19.3 Å². The average Bonchev–Trinajstić information content (AvgIpc) is 2.71. The van der Waals surface area contributed by atoms with Crippen molar-refractivity contribution >= 4 is 21.9 Å². The van der Waals surface area contributed by atoms with Crippen LogP contribution in [0, 0.1) is 11.8 Å². The summed E-state index contributed by atoms with van der Waals surface area (Å²) in [5.41, 5.74) is -0.317. The second-order valence-electron chi connectivity index (χ2n) is 6.04. The first-order valence-electron chi connectivity index (χ1n) is 7.57. The quantitative estimate of drug-likeness (QED) is 0.437. The summed E-state index contributed by atoms with van der Waals surface area (Å²) < 4.78 is 16.2. The number of rotatable bonds is 6. The summed E-state index contributed by atoms with van der Waals surface area (Å²) >= 11 is 3.62. The maximum absolute atomic E-state index is 11.7. The molecule has 1 heterocycles. The first-order chi connectivity index (χ1) is 10.2. The first kappa shape index (κ1) is 19.6. The van der Waals surface area contributed by atoms with E-state index in [1.165, 1.54) is 0 Å². The molecule has 5 nitrogen and oxygen atoms in total. The Morgan fingerprint density at radius 3 is 2.59 bits per heavy atom. The molecule has 1 saturated heterocycles. The lowest BCUT2D eigenvalue weighted by atomic mass is 9.84. The zero-order valence-electron chi connectivity index (χ0n) is 14.1. The smallest absolute Gasteiger partial charge is 0.333 e. The predicted octanol–water partition coefficient (Wildman–Crippen LogP) is 2.65. The number of carbonyl (C=O) groups excluding carboxylic acids is 1. The molecule has 0 amide bonds. The van der Waals surface area contributed by atoms with Crippen LogP contribution in [0.1, 0.15) is 34.6 Å². The molecule has 6 heteroatoms. The second-order valence-corrected chi connectivity index (χ2v) is 7.03. The SMILES string of the molecule is CCOC(=O)/C(C)=C/[C@H](C)[C@@H](O)[C@]1(C)O[C@@H](OC)[C@H](C)[C@H]1Br. The molecule has 0 aromatic rings. The van der Waals surface area contributed by atoms with E-state index in [9.17, 15) is 9.90 Å². The predicted molar refractivity (Wildman–Crippen MR) is 87.7 cm³/mol. The summed E-state index contributed by atoms with van der Waals surface area (Å²) in [6.45, 7) is 9.50. The monoisotopic (exact) mass is 378 g/mol. The number of hydrogen-bond donors (Lipinski definition) is 1. The van der Waals surface area contributed by atoms with Gasteiger partial charge in [-0.25, -0.2) is 4.79 Å². The van der Waals surface area contributed by atoms with Gasteiger partial charge in [-0.3, -0.25) is 0 Å². The van der Waals surface area contributed by atoms with E-state index in [0.29, 0.717) is 12.2 Å². The lowest BCUT2D eigenvalue weighted by molar-refractivity contribution is -0.191. The summed E-state index contributed by atoms with van der Waals surface area (Å²) in [5.74, 6) is -0.526. The normalized spacial score (nSPS) is 35.3. The van der Waals surface area contributed by atoms with Gasteiger partial charge in [0.2, 0.25) is 0 Å². The highest BCUT2D eigenvalue weighted by atomic mass is 79.9. The Morgan fingerprint density at radius 2 is 2.14 bits per heavy atom. The number of aliphatic hydroxyl groups excluding tert-OH is 1. The highest BCUT2D eigenvalue weighted by molar-refractivity contribution is 9.09. The van der Waals surface area contributed by atoms with Gasteiger partial charge in [0.15, 0.2) is 6.29 Å². The number of ether oxygens (including phenoxy) is 3. The second kappa shape index (κ2) is 7.90. The van der Waals surface area contributed by atoms with Crippen molar-refractivity contribution in [2.75, 3.05) is 13.7 Å². The van der Waals surface area contributed by atoms with Gasteiger partial charge in [-0.05, 0) is 20.8 Å². The van der Waals surface area contributed by atoms with E-state index in [-0.39, 0.29) is 28.9 Å². The minimum absolute atomic E-state index is 0.0568. The number of aliphatic hydroxyl groups is 1. The average molecular weight is 379 g/mol. The zero-order valence-corrected chi connectivity index (χ0v) is 15.7. The van der Waals surface area contributed by atoms with E-state index in [0.717, 1.165) is 0 Å². The molecular weight excluding hydrogens is 352 g/mol. The maximum Gasteiger partial charge on any atom is 0.333 e. The van der Waals surface area contributed by atoms with Crippen molar-refractivity contribution in [3.63, 3.8) is 0 Å². The number of alkyl halides is 1. The Bertz CT molecular complexity index is 425. The van der Waals surface area contributed by atoms with Gasteiger partial charge >= 0.3 is 5.97 Å². The summed E-state index contributed by atoms with van der Waals surface area (Å²) in [7, 11) is 1.59. The van der Waals surface area contributed by atoms with Gasteiger partial charge in [-0.15, -0.1) is 0 Å². The number of carbonyl (C=O) groups is 1. The summed E-state index contributed by atoms with van der Waals surface area (Å²) in [4.78, 5) is 11.6. The van der Waals surface area contributed by atoms with E-state index in [1.54, 1.807) is 27.0 Å². The third-order valence-electron chi connectivity index (χ3n) is 4.24. The van der Waals surface area contributed by atoms with E-state index in [4.69, 9.17) is 14.2 Å². The molecule has 1 aliphatic rings. The fourth-order valence-corrected chi connectivity index (χ4v) is 3.53. The highest BCUT2D eigenvalue weighted by Crippen LogP contribution is 2.44. The lowest BCUT2D eigenvalue weighted by Gasteiger charge is -2.35. The molecule has 0 spiro atoms. The van der Waals surface area contributed by atoms with Crippen LogP contribution in [0.4, 0.5) is 0 Å². The lowest BCUT2D eigenvalue weighted by Crippen LogP contribution is -2.49. The van der Waals surface area contributed by atoms with Crippen molar-refractivity contribution in [2.24, 2.45) is 11.8 Å². The Kier molecular flexibility index (Phi) is 7.05. The van der Waals surface area contributed by atoms with Crippen LogP contribution >= 0.6 is 15.9 Å². The van der Waals surface area contributed by atoms with Crippen molar-refractivity contribution in [3.8, 4) is 0 Å². The first-order valence-corrected chi connectivity index (χ1v) is 8.48. The van der Waals surface area contributed by atoms with Crippen LogP contribution in [0.5, 0.6) is 0 Å². The molecule has 1 rings (SSSR count). The van der Waals surface area contributed by atoms with Gasteiger partial charge in [0.05, 0.1) is 17.5 Å². The standard InChI is InChI=1S/C16H27BrO5/c1-7-21-14(19)10(3)8-9(2)13(18)16(5)12(17)11(4)15(20-6)22-16/h8-9,11-13,15,18H,7H2,1-6H3/b10-8+/t9-,11+,12+,13+,15+,16+/m0/s1. The molecule has 128 valence electrons. The van der Waals surface area contributed by atoms with Crippen molar-refractivity contribution in [2.45, 2.75) is 57.4 Å². The van der Waals surface area contributed by atoms with Crippen molar-refractivity contribution in [1.29, 1.82) is 0 Å². The van der Waals surface area contributed by atoms with Crippen LogP contribution in [0.15, 0.2) is 11.6 Å². The topological polar surface area (TPSA) is 65.0 Å². The minimum atomic E-state index is -0.801. The summed E-state index contributed by atoms with van der Waals surface area (Å²) in [6.07, 6.45) is 0.567. The zero-order chi connectivity index (χ0) is 17.1. The Morgan fingerprint density at radius 1 is 1.55 bits per heavy atom. The van der Waals surface area contributed by atoms with Crippen LogP contribution < -0.4 is 0 Å². The van der Waals surface area contributed by atoms with Crippen LogP contribution in [0.2, 0.25) is 0 Å². The fraction of sp³-hybridized carbons (Fsp3) is 0.812. The van der Waals surface area contributed by atoms with Crippen LogP contribution in [0.3, 0.4) is 0 Å². The number of esters is 1. The number of methoxy groups -OCH3 is 1. The molecule has 1 N–H and O–H groups in total. The summed E-state index contributed by atoms with van der Waals surface area (Å²) in [5, 5.41) is 10.7. The molecule has 0 unspecified atom stereocenters. The highest BCUT2D eigenvalue weighted by Gasteiger charge is 2.54. The molecule has 1 fully saturated rings. The molecular formula is C16H27BrO5. The van der Waals surface area contributed by atoms with Gasteiger partial charge in [0, 0.05) is 24.5 Å². The molecule has 0 bridgehead atoms. The van der Waals surface area contributed by atoms with E-state index in [1.807, 2.05) is 20.8 Å². The van der Waals surface area contributed by atoms with Gasteiger partial charge in [-0.1, -0.05) is 35.9 Å². The van der Waals surface area contributed by atoms with Gasteiger partial charge in [-0.2, -0.15) is 0 Å². The van der Waals surface area contributed by atoms with Crippen molar-refractivity contribution in [3.05, 3.63) is 11.6 Å². The van der Waals surface area contributed by atoms with E-state index in [2.05, 4.69) is 15.9 Å². The number of halogens is 1. The van der Waals surface area contributed by atoms with Crippen LogP contribution in [-0.4, -0.2) is 47.6 Å². The molecule has 0 radical (unpaired) electrons. The Balaban J connectivity index is 2.88. The Labute approximate surface area is 141 Å². The van der Waals surface area contributed by atoms with Gasteiger partial charge in [0.1, 0.15) is 5.60 Å². The molecule has 0 saturated carbocycles. The molecule has 6 atom stereocenters. The fourth-order valence-electron chi connectivity index (χ4n) is 2.90. The molecule has 0 aromatic carbocycles. The third-order valence-corrected chi connectivity index (χ3v) is 5.98. The van der Waals surface area contributed by atoms with E-state index < -0.39 is 11.7 Å². The Hall–Kier alpha value is -0.430. The minimum Gasteiger partial charge on any atom is -0.463 e. The van der Waals surface area contributed by atoms with Crippen LogP contribution in [-0.2, 0) is 19.0 Å². The summed E-state index contributed by atoms with van der Waals surface area (Å²) in [6, 6.07) is 0. The number of hydrogen-bond acceptors (Lipinski definition) is 5.